The Bertz CT molecular complexity index is 4500. The number of nitrogens with one attached hydrogen (secondary N) is 2. The van der Waals surface area contributed by atoms with Crippen LogP contribution in [0.2, 0.25) is 0 Å². The zero-order valence-corrected chi connectivity index (χ0v) is 41.1. The van der Waals surface area contributed by atoms with Crippen molar-refractivity contribution in [1.29, 1.82) is 0 Å². The number of benzene rings is 6. The van der Waals surface area contributed by atoms with Crippen molar-refractivity contribution < 1.29 is 103 Å². The molecule has 8 N–H and O–H groups in total. The van der Waals surface area contributed by atoms with Crippen molar-refractivity contribution in [2.24, 2.45) is 0 Å². The lowest BCUT2D eigenvalue weighted by Crippen LogP contribution is -2.26. The molecule has 0 saturated heterocycles. The van der Waals surface area contributed by atoms with Crippen LogP contribution in [0.4, 0.5) is 0 Å². The molecule has 0 spiro atoms. The summed E-state index contributed by atoms with van der Waals surface area (Å²) < 4.78 is 243. The van der Waals surface area contributed by atoms with Crippen LogP contribution in [0.5, 0.6) is 0 Å². The number of hydrogen-bond acceptors (Lipinski definition) is 18. The van der Waals surface area contributed by atoms with Gasteiger partial charge in [0.05, 0.1) is 16.6 Å². The van der Waals surface area contributed by atoms with Crippen LogP contribution in [0.3, 0.4) is 0 Å². The van der Waals surface area contributed by atoms with Gasteiger partial charge in [-0.3, -0.25) is 27.3 Å². The second-order valence-corrected chi connectivity index (χ2v) is 23.2. The summed E-state index contributed by atoms with van der Waals surface area (Å²) in [5, 5.41) is 0.228. The van der Waals surface area contributed by atoms with Crippen LogP contribution in [0.25, 0.3) is 43.6 Å². The van der Waals surface area contributed by atoms with Crippen LogP contribution < -0.4 is 0 Å². The molecule has 6 aromatic carbocycles. The third-order valence-electron chi connectivity index (χ3n) is 12.8. The Morgan fingerprint density at radius 2 is 0.568 bits per heavy atom. The molecule has 0 aliphatic heterocycles. The summed E-state index contributed by atoms with van der Waals surface area (Å²) in [6, 6.07) is 21.3. The fraction of sp³-hybridized carbons (Fsp3) is 0.143. The summed E-state index contributed by atoms with van der Waals surface area (Å²) in [7, 11) is -32.3. The molecule has 8 aromatic rings. The van der Waals surface area contributed by atoms with E-state index in [0.717, 1.165) is 0 Å². The van der Waals surface area contributed by atoms with E-state index in [-0.39, 0.29) is 110 Å². The zero-order valence-electron chi connectivity index (χ0n) is 36.2. The maximum Gasteiger partial charge on any atom is 0.398 e. The van der Waals surface area contributed by atoms with E-state index in [2.05, 4.69) is 9.97 Å². The molecule has 3 aliphatic rings. The number of rotatable bonds is 12. The SMILES string of the molecule is O=S(=O)(O)OC1c2ccccc2C(OS(=O)(=O)O)c2c1ccc1c2[nH]c2c3c(ccc21)C(OS(=O)(=O)O)c1c(ccc2[nH]c4c5c(ccc4c12)C(OS(=O)(=O)O)c1ccccc1C5OS(=O)(=O)O)C3OS(=O)(=O)O. The smallest absolute Gasteiger partial charge is 0.354 e. The summed E-state index contributed by atoms with van der Waals surface area (Å²) in [6.45, 7) is 0. The Kier molecular flexibility index (Phi) is 11.4. The molecule has 2 aromatic heterocycles. The van der Waals surface area contributed by atoms with Gasteiger partial charge in [-0.1, -0.05) is 91.0 Å². The summed E-state index contributed by atoms with van der Waals surface area (Å²) in [5.74, 6) is 0. The molecule has 11 rings (SSSR count). The van der Waals surface area contributed by atoms with Gasteiger partial charge < -0.3 is 9.97 Å². The minimum absolute atomic E-state index is 0.00709. The topological polar surface area (TPSA) is 413 Å². The van der Waals surface area contributed by atoms with E-state index in [1.807, 2.05) is 0 Å². The molecule has 6 unspecified atom stereocenters. The molecule has 32 heteroatoms. The average Bonchev–Trinajstić information content (AvgIpc) is 3.86. The summed E-state index contributed by atoms with van der Waals surface area (Å²) in [4.78, 5) is 6.07. The van der Waals surface area contributed by atoms with Crippen molar-refractivity contribution in [2.45, 2.75) is 36.6 Å². The van der Waals surface area contributed by atoms with Crippen LogP contribution in [-0.2, 0) is 87.5 Å². The third-order valence-corrected chi connectivity index (χ3v) is 15.4. The van der Waals surface area contributed by atoms with Gasteiger partial charge in [-0.05, 0) is 50.6 Å². The lowest BCUT2D eigenvalue weighted by molar-refractivity contribution is 0.180. The van der Waals surface area contributed by atoms with Gasteiger partial charge in [0.1, 0.15) is 36.6 Å². The van der Waals surface area contributed by atoms with Gasteiger partial charge in [0.2, 0.25) is 0 Å². The van der Waals surface area contributed by atoms with Crippen molar-refractivity contribution >= 4 is 106 Å². The molecule has 3 aliphatic carbocycles. The average molecular weight is 1140 g/mol. The molecule has 74 heavy (non-hydrogen) atoms. The molecule has 0 bridgehead atoms. The summed E-state index contributed by atoms with van der Waals surface area (Å²) in [5.41, 5.74) is -2.37. The van der Waals surface area contributed by atoms with Crippen LogP contribution in [-0.4, -0.2) is 87.8 Å². The zero-order chi connectivity index (χ0) is 53.0. The van der Waals surface area contributed by atoms with Crippen LogP contribution >= 0.6 is 0 Å². The summed E-state index contributed by atoms with van der Waals surface area (Å²) >= 11 is 0. The minimum atomic E-state index is -5.55. The van der Waals surface area contributed by atoms with Gasteiger partial charge >= 0.3 is 62.4 Å². The fourth-order valence-corrected chi connectivity index (χ4v) is 13.2. The monoisotopic (exact) mass is 1140 g/mol. The van der Waals surface area contributed by atoms with Crippen LogP contribution in [0.1, 0.15) is 103 Å². The Morgan fingerprint density at radius 3 is 0.946 bits per heavy atom. The maximum atomic E-state index is 13.0. The molecule has 2 heterocycles. The Balaban J connectivity index is 1.21. The van der Waals surface area contributed by atoms with Crippen molar-refractivity contribution in [3.05, 3.63) is 164 Å². The predicted molar refractivity (Wildman–Crippen MR) is 251 cm³/mol. The molecule has 0 radical (unpaired) electrons. The van der Waals surface area contributed by atoms with E-state index < -0.39 is 99.0 Å². The molecule has 0 amide bonds. The van der Waals surface area contributed by atoms with Crippen molar-refractivity contribution in [3.8, 4) is 0 Å². The highest BCUT2D eigenvalue weighted by molar-refractivity contribution is 7.82. The highest BCUT2D eigenvalue weighted by atomic mass is 32.3. The Labute approximate surface area is 417 Å². The number of fused-ring (bicyclic) bond motifs is 16. The van der Waals surface area contributed by atoms with E-state index in [0.29, 0.717) is 0 Å². The van der Waals surface area contributed by atoms with E-state index >= 15 is 0 Å². The van der Waals surface area contributed by atoms with Crippen LogP contribution in [0, 0.1) is 0 Å². The van der Waals surface area contributed by atoms with Crippen molar-refractivity contribution in [2.75, 3.05) is 0 Å². The number of hydrogen-bond donors (Lipinski definition) is 8. The largest absolute Gasteiger partial charge is 0.398 e. The van der Waals surface area contributed by atoms with E-state index in [4.69, 9.17) is 25.1 Å². The second kappa shape index (κ2) is 16.8. The Morgan fingerprint density at radius 1 is 0.297 bits per heavy atom. The van der Waals surface area contributed by atoms with Crippen LogP contribution in [0.15, 0.2) is 97.1 Å². The molecular weight excluding hydrogens is 1110 g/mol. The number of H-pyrrole nitrogens is 2. The standard InChI is InChI=1S/C42H30N2O24S6/c45-69(46,47)63-37-19-5-1-3-7-21(19)39(65-71(51,52)53)31-25(37)12-9-17-18-10-13-27-33(35(18)44-34(17)31)42(68-74(60,61)62)24-15-16-28-29(30(24)41(27)67-73(57,58)59)23-11-14-26-32(36(23)43-28)40(66-72(54,55)56)22-8-4-2-6-20(22)38(26)64-70(48,49)50/h1-16,37-44H,(H,45,46,47)(H,48,49,50)(H,51,52,53)(H,54,55,56)(H,57,58,59)(H,60,61,62). The van der Waals surface area contributed by atoms with Gasteiger partial charge in [0.25, 0.3) is 0 Å². The number of aromatic nitrogens is 2. The third kappa shape index (κ3) is 8.84. The highest BCUT2D eigenvalue weighted by Gasteiger charge is 2.45. The van der Waals surface area contributed by atoms with Gasteiger partial charge in [0, 0.05) is 49.3 Å². The first-order valence-corrected chi connectivity index (χ1v) is 29.0. The fourth-order valence-electron chi connectivity index (χ4n) is 10.6. The van der Waals surface area contributed by atoms with Gasteiger partial charge in [-0.25, -0.2) is 25.1 Å². The summed E-state index contributed by atoms with van der Waals surface area (Å²) in [6.07, 6.45) is -11.0. The molecule has 0 saturated carbocycles. The predicted octanol–water partition coefficient (Wildman–Crippen LogP) is 5.35. The molecule has 0 fully saturated rings. The minimum Gasteiger partial charge on any atom is -0.354 e. The molecule has 6 atom stereocenters. The normalized spacial score (nSPS) is 21.0. The van der Waals surface area contributed by atoms with Gasteiger partial charge in [-0.15, -0.1) is 0 Å². The first-order chi connectivity index (χ1) is 34.4. The lowest BCUT2D eigenvalue weighted by Gasteiger charge is -2.33. The Hall–Kier alpha value is -5.86. The lowest BCUT2D eigenvalue weighted by atomic mass is 9.78. The molecule has 26 nitrogen and oxygen atoms in total. The molecule has 388 valence electrons. The van der Waals surface area contributed by atoms with Gasteiger partial charge in [-0.2, -0.15) is 50.5 Å². The van der Waals surface area contributed by atoms with E-state index in [9.17, 15) is 77.8 Å². The molecular formula is C42H30N2O24S6. The maximum absolute atomic E-state index is 13.0. The van der Waals surface area contributed by atoms with Crippen molar-refractivity contribution in [1.82, 2.24) is 9.97 Å². The van der Waals surface area contributed by atoms with Crippen molar-refractivity contribution in [3.63, 3.8) is 0 Å². The van der Waals surface area contributed by atoms with E-state index in [1.54, 1.807) is 0 Å². The first kappa shape index (κ1) is 50.3. The van der Waals surface area contributed by atoms with Gasteiger partial charge in [0.15, 0.2) is 0 Å². The quantitative estimate of drug-likeness (QED) is 0.0715. The van der Waals surface area contributed by atoms with E-state index in [1.165, 1.54) is 97.1 Å². The second-order valence-electron chi connectivity index (χ2n) is 16.9. The first-order valence-electron chi connectivity index (χ1n) is 20.8. The highest BCUT2D eigenvalue weighted by Crippen LogP contribution is 2.55. The number of aromatic amines is 2.